The molecular weight excluding hydrogens is 224 g/mol. The van der Waals surface area contributed by atoms with Crippen LogP contribution in [0, 0.1) is 0 Å². The van der Waals surface area contributed by atoms with Gasteiger partial charge >= 0.3 is 0 Å². The monoisotopic (exact) mass is 240 g/mol. The fourth-order valence-corrected chi connectivity index (χ4v) is 1.74. The summed E-state index contributed by atoms with van der Waals surface area (Å²) in [5.41, 5.74) is 6.35. The van der Waals surface area contributed by atoms with E-state index in [9.17, 15) is 4.79 Å². The van der Waals surface area contributed by atoms with Gasteiger partial charge in [0.15, 0.2) is 0 Å². The van der Waals surface area contributed by atoms with Crippen LogP contribution in [0.25, 0.3) is 0 Å². The Labute approximate surface area is 101 Å². The van der Waals surface area contributed by atoms with Crippen LogP contribution in [0.1, 0.15) is 18.9 Å². The molecule has 0 heterocycles. The average Bonchev–Trinajstić information content (AvgIpc) is 2.21. The third kappa shape index (κ3) is 4.21. The van der Waals surface area contributed by atoms with E-state index in [-0.39, 0.29) is 11.9 Å². The normalized spacial score (nSPS) is 12.2. The van der Waals surface area contributed by atoms with Crippen LogP contribution in [-0.2, 0) is 11.2 Å². The van der Waals surface area contributed by atoms with Crippen molar-refractivity contribution in [2.24, 2.45) is 5.73 Å². The lowest BCUT2D eigenvalue weighted by Crippen LogP contribution is -2.35. The van der Waals surface area contributed by atoms with E-state index in [2.05, 4.69) is 5.32 Å². The Morgan fingerprint density at radius 1 is 1.50 bits per heavy atom. The number of nitrogens with one attached hydrogen (secondary N) is 1. The molecule has 1 aromatic rings. The Bertz CT molecular complexity index is 355. The molecule has 4 heteroatoms. The molecule has 3 N–H and O–H groups in total. The number of carbonyl (C=O) groups is 1. The average molecular weight is 241 g/mol. The van der Waals surface area contributed by atoms with Crippen LogP contribution in [0.3, 0.4) is 0 Å². The Morgan fingerprint density at radius 2 is 2.19 bits per heavy atom. The van der Waals surface area contributed by atoms with Gasteiger partial charge in [0, 0.05) is 24.0 Å². The molecule has 1 amide bonds. The highest BCUT2D eigenvalue weighted by Gasteiger charge is 2.08. The van der Waals surface area contributed by atoms with Crippen molar-refractivity contribution in [3.05, 3.63) is 34.9 Å². The number of hydrogen-bond acceptors (Lipinski definition) is 2. The molecule has 0 aliphatic heterocycles. The van der Waals surface area contributed by atoms with Crippen molar-refractivity contribution in [3.63, 3.8) is 0 Å². The van der Waals surface area contributed by atoms with E-state index >= 15 is 0 Å². The quantitative estimate of drug-likeness (QED) is 0.824. The highest BCUT2D eigenvalue weighted by atomic mass is 35.5. The summed E-state index contributed by atoms with van der Waals surface area (Å²) < 4.78 is 0. The smallest absolute Gasteiger partial charge is 0.221 e. The van der Waals surface area contributed by atoms with Crippen molar-refractivity contribution in [2.75, 3.05) is 6.54 Å². The maximum atomic E-state index is 11.3. The van der Waals surface area contributed by atoms with Crippen LogP contribution in [0.4, 0.5) is 0 Å². The lowest BCUT2D eigenvalue weighted by Gasteiger charge is -2.14. The second-order valence-corrected chi connectivity index (χ2v) is 4.21. The standard InChI is InChI=1S/C12H17ClN2O/c1-9(15-12(16)6-7-14)8-10-4-2-3-5-11(10)13/h2-5,9H,6-8,14H2,1H3,(H,15,16). The zero-order valence-corrected chi connectivity index (χ0v) is 10.1. The van der Waals surface area contributed by atoms with Crippen molar-refractivity contribution >= 4 is 17.5 Å². The number of nitrogens with two attached hydrogens (primary N) is 1. The van der Waals surface area contributed by atoms with Gasteiger partial charge in [-0.05, 0) is 25.0 Å². The second-order valence-electron chi connectivity index (χ2n) is 3.80. The van der Waals surface area contributed by atoms with Gasteiger partial charge < -0.3 is 11.1 Å². The van der Waals surface area contributed by atoms with Crippen molar-refractivity contribution in [2.45, 2.75) is 25.8 Å². The maximum Gasteiger partial charge on any atom is 0.221 e. The molecule has 0 aromatic heterocycles. The third-order valence-electron chi connectivity index (χ3n) is 2.26. The maximum absolute atomic E-state index is 11.3. The Balaban J connectivity index is 2.48. The van der Waals surface area contributed by atoms with E-state index in [0.29, 0.717) is 13.0 Å². The number of benzene rings is 1. The Morgan fingerprint density at radius 3 is 2.81 bits per heavy atom. The molecular formula is C12H17ClN2O. The minimum absolute atomic E-state index is 0.0120. The molecule has 3 nitrogen and oxygen atoms in total. The van der Waals surface area contributed by atoms with Crippen LogP contribution in [-0.4, -0.2) is 18.5 Å². The summed E-state index contributed by atoms with van der Waals surface area (Å²) in [7, 11) is 0. The number of carbonyl (C=O) groups excluding carboxylic acids is 1. The van der Waals surface area contributed by atoms with Crippen molar-refractivity contribution < 1.29 is 4.79 Å². The summed E-state index contributed by atoms with van der Waals surface area (Å²) in [4.78, 5) is 11.3. The van der Waals surface area contributed by atoms with Crippen LogP contribution in [0.15, 0.2) is 24.3 Å². The van der Waals surface area contributed by atoms with Gasteiger partial charge in [-0.3, -0.25) is 4.79 Å². The topological polar surface area (TPSA) is 55.1 Å². The van der Waals surface area contributed by atoms with Gasteiger partial charge in [-0.1, -0.05) is 29.8 Å². The summed E-state index contributed by atoms with van der Waals surface area (Å²) in [6, 6.07) is 7.72. The first-order valence-electron chi connectivity index (χ1n) is 5.36. The highest BCUT2D eigenvalue weighted by Crippen LogP contribution is 2.16. The Hall–Kier alpha value is -1.06. The van der Waals surface area contributed by atoms with Gasteiger partial charge in [-0.15, -0.1) is 0 Å². The zero-order valence-electron chi connectivity index (χ0n) is 9.37. The summed E-state index contributed by atoms with van der Waals surface area (Å²) in [5, 5.41) is 3.62. The van der Waals surface area contributed by atoms with Crippen LogP contribution < -0.4 is 11.1 Å². The van der Waals surface area contributed by atoms with Gasteiger partial charge in [0.05, 0.1) is 0 Å². The number of rotatable bonds is 5. The Kier molecular flexibility index (Phi) is 5.29. The molecule has 1 rings (SSSR count). The van der Waals surface area contributed by atoms with Gasteiger partial charge in [-0.2, -0.15) is 0 Å². The SMILES string of the molecule is CC(Cc1ccccc1Cl)NC(=O)CCN. The van der Waals surface area contributed by atoms with E-state index in [1.165, 1.54) is 0 Å². The van der Waals surface area contributed by atoms with E-state index < -0.39 is 0 Å². The fraction of sp³-hybridized carbons (Fsp3) is 0.417. The predicted octanol–water partition coefficient (Wildman–Crippen LogP) is 1.74. The minimum atomic E-state index is -0.0120. The first kappa shape index (κ1) is 13.0. The van der Waals surface area contributed by atoms with Crippen LogP contribution in [0.2, 0.25) is 5.02 Å². The largest absolute Gasteiger partial charge is 0.353 e. The number of amides is 1. The first-order chi connectivity index (χ1) is 7.63. The van der Waals surface area contributed by atoms with Crippen LogP contribution in [0.5, 0.6) is 0 Å². The molecule has 1 atom stereocenters. The summed E-state index contributed by atoms with van der Waals surface area (Å²) in [5.74, 6) is -0.0120. The fourth-order valence-electron chi connectivity index (χ4n) is 1.52. The molecule has 1 unspecified atom stereocenters. The van der Waals surface area contributed by atoms with E-state index in [0.717, 1.165) is 17.0 Å². The highest BCUT2D eigenvalue weighted by molar-refractivity contribution is 6.31. The lowest BCUT2D eigenvalue weighted by molar-refractivity contribution is -0.121. The van der Waals surface area contributed by atoms with Gasteiger partial charge in [0.1, 0.15) is 0 Å². The predicted molar refractivity (Wildman–Crippen MR) is 66.4 cm³/mol. The van der Waals surface area contributed by atoms with Gasteiger partial charge in [-0.25, -0.2) is 0 Å². The summed E-state index contributed by atoms with van der Waals surface area (Å²) >= 11 is 6.03. The van der Waals surface area contributed by atoms with E-state index in [1.54, 1.807) is 0 Å². The third-order valence-corrected chi connectivity index (χ3v) is 2.63. The molecule has 88 valence electrons. The van der Waals surface area contributed by atoms with Crippen molar-refractivity contribution in [1.29, 1.82) is 0 Å². The molecule has 0 fully saturated rings. The summed E-state index contributed by atoms with van der Waals surface area (Å²) in [6.45, 7) is 2.34. The zero-order chi connectivity index (χ0) is 12.0. The molecule has 1 aromatic carbocycles. The van der Waals surface area contributed by atoms with Gasteiger partial charge in [0.2, 0.25) is 5.91 Å². The molecule has 0 aliphatic carbocycles. The molecule has 0 spiro atoms. The lowest BCUT2D eigenvalue weighted by atomic mass is 10.1. The summed E-state index contributed by atoms with van der Waals surface area (Å²) in [6.07, 6.45) is 1.10. The molecule has 16 heavy (non-hydrogen) atoms. The van der Waals surface area contributed by atoms with E-state index in [4.69, 9.17) is 17.3 Å². The van der Waals surface area contributed by atoms with Crippen molar-refractivity contribution in [1.82, 2.24) is 5.32 Å². The molecule has 0 saturated heterocycles. The van der Waals surface area contributed by atoms with Crippen molar-refractivity contribution in [3.8, 4) is 0 Å². The minimum Gasteiger partial charge on any atom is -0.353 e. The number of halogens is 1. The van der Waals surface area contributed by atoms with Crippen LogP contribution >= 0.6 is 11.6 Å². The second kappa shape index (κ2) is 6.51. The van der Waals surface area contributed by atoms with E-state index in [1.807, 2.05) is 31.2 Å². The molecule has 0 aliphatic rings. The molecule has 0 radical (unpaired) electrons. The first-order valence-corrected chi connectivity index (χ1v) is 5.74. The number of hydrogen-bond donors (Lipinski definition) is 2. The van der Waals surface area contributed by atoms with Gasteiger partial charge in [0.25, 0.3) is 0 Å². The molecule has 0 saturated carbocycles. The molecule has 0 bridgehead atoms.